The van der Waals surface area contributed by atoms with Crippen molar-refractivity contribution in [3.63, 3.8) is 0 Å². The van der Waals surface area contributed by atoms with Gasteiger partial charge in [0.25, 0.3) is 0 Å². The van der Waals surface area contributed by atoms with Crippen LogP contribution in [0.4, 0.5) is 24.5 Å². The molecule has 1 atom stereocenters. The summed E-state index contributed by atoms with van der Waals surface area (Å²) >= 11 is 0. The van der Waals surface area contributed by atoms with Gasteiger partial charge in [0, 0.05) is 23.5 Å². The van der Waals surface area contributed by atoms with Crippen LogP contribution in [0.3, 0.4) is 0 Å². The number of hydrogen-bond donors (Lipinski definition) is 2. The number of ether oxygens (including phenoxy) is 1. The fourth-order valence-corrected chi connectivity index (χ4v) is 2.37. The highest BCUT2D eigenvalue weighted by Crippen LogP contribution is 2.41. The zero-order valence-electron chi connectivity index (χ0n) is 13.8. The first-order valence-electron chi connectivity index (χ1n) is 7.76. The highest BCUT2D eigenvalue weighted by molar-refractivity contribution is 5.84. The second-order valence-electron chi connectivity index (χ2n) is 6.36. The Hall–Kier alpha value is -1.69. The Balaban J connectivity index is 2.34. The van der Waals surface area contributed by atoms with Gasteiger partial charge >= 0.3 is 6.18 Å². The van der Waals surface area contributed by atoms with Gasteiger partial charge < -0.3 is 15.4 Å². The van der Waals surface area contributed by atoms with Crippen molar-refractivity contribution in [1.29, 1.82) is 0 Å². The van der Waals surface area contributed by atoms with E-state index in [0.29, 0.717) is 23.8 Å². The van der Waals surface area contributed by atoms with Crippen LogP contribution in [-0.2, 0) is 4.74 Å². The Morgan fingerprint density at radius 1 is 1.22 bits per heavy atom. The van der Waals surface area contributed by atoms with E-state index >= 15 is 0 Å². The molecule has 0 saturated carbocycles. The third-order valence-corrected chi connectivity index (χ3v) is 3.36. The number of fused-ring (bicyclic) bond motifs is 1. The van der Waals surface area contributed by atoms with Crippen LogP contribution in [0.1, 0.15) is 33.3 Å². The van der Waals surface area contributed by atoms with Gasteiger partial charge in [0.15, 0.2) is 0 Å². The average Bonchev–Trinajstić information content (AvgIpc) is 2.42. The first kappa shape index (κ1) is 17.7. The molecule has 0 fully saturated rings. The van der Waals surface area contributed by atoms with E-state index in [1.807, 2.05) is 13.8 Å². The number of allylic oxidation sites excluding steroid dienone is 1. The number of halogens is 3. The number of anilines is 2. The molecule has 0 saturated heterocycles. The lowest BCUT2D eigenvalue weighted by atomic mass is 9.98. The highest BCUT2D eigenvalue weighted by Gasteiger charge is 2.39. The topological polar surface area (TPSA) is 33.3 Å². The second kappa shape index (κ2) is 6.83. The molecule has 3 nitrogen and oxygen atoms in total. The van der Waals surface area contributed by atoms with E-state index in [-0.39, 0.29) is 11.7 Å². The lowest BCUT2D eigenvalue weighted by Gasteiger charge is -2.29. The molecule has 23 heavy (non-hydrogen) atoms. The number of rotatable bonds is 5. The SMILES string of the molecule is CC(C)CNc1ccc2c(c1)C(C(F)(F)F)=CC(OC(C)C)N2. The van der Waals surface area contributed by atoms with Crippen molar-refractivity contribution in [3.05, 3.63) is 29.8 Å². The monoisotopic (exact) mass is 328 g/mol. The maximum atomic E-state index is 13.4. The summed E-state index contributed by atoms with van der Waals surface area (Å²) < 4.78 is 45.7. The van der Waals surface area contributed by atoms with Crippen LogP contribution in [0.25, 0.3) is 5.57 Å². The van der Waals surface area contributed by atoms with E-state index in [0.717, 1.165) is 6.08 Å². The summed E-state index contributed by atoms with van der Waals surface area (Å²) in [5.74, 6) is 0.408. The standard InChI is InChI=1S/C17H23F3N2O/c1-10(2)9-21-12-5-6-15-13(7-12)14(17(18,19)20)8-16(22-15)23-11(3)4/h5-8,10-11,16,21-22H,9H2,1-4H3. The fourth-order valence-electron chi connectivity index (χ4n) is 2.37. The molecule has 2 N–H and O–H groups in total. The summed E-state index contributed by atoms with van der Waals surface area (Å²) in [6.07, 6.45) is -4.28. The third-order valence-electron chi connectivity index (χ3n) is 3.36. The van der Waals surface area contributed by atoms with E-state index in [2.05, 4.69) is 10.6 Å². The molecule has 0 spiro atoms. The van der Waals surface area contributed by atoms with E-state index in [1.165, 1.54) is 6.07 Å². The molecule has 0 radical (unpaired) electrons. The fraction of sp³-hybridized carbons (Fsp3) is 0.529. The summed E-state index contributed by atoms with van der Waals surface area (Å²) in [6.45, 7) is 8.37. The molecule has 0 aromatic heterocycles. The van der Waals surface area contributed by atoms with Gasteiger partial charge in [-0.05, 0) is 44.0 Å². The Kier molecular flexibility index (Phi) is 5.24. The minimum Gasteiger partial charge on any atom is -0.385 e. The first-order chi connectivity index (χ1) is 10.7. The Morgan fingerprint density at radius 2 is 1.91 bits per heavy atom. The minimum atomic E-state index is -4.42. The minimum absolute atomic E-state index is 0.148. The van der Waals surface area contributed by atoms with Gasteiger partial charge in [0.05, 0.1) is 11.7 Å². The van der Waals surface area contributed by atoms with Gasteiger partial charge in [-0.2, -0.15) is 13.2 Å². The Labute approximate surface area is 134 Å². The number of hydrogen-bond acceptors (Lipinski definition) is 3. The van der Waals surface area contributed by atoms with Crippen molar-refractivity contribution in [3.8, 4) is 0 Å². The van der Waals surface area contributed by atoms with Crippen LogP contribution >= 0.6 is 0 Å². The predicted octanol–water partition coefficient (Wildman–Crippen LogP) is 4.88. The molecular weight excluding hydrogens is 305 g/mol. The Bertz CT molecular complexity index is 580. The summed E-state index contributed by atoms with van der Waals surface area (Å²) in [6, 6.07) is 4.98. The van der Waals surface area contributed by atoms with E-state index < -0.39 is 18.0 Å². The molecule has 128 valence electrons. The number of nitrogens with one attached hydrogen (secondary N) is 2. The van der Waals surface area contributed by atoms with Crippen LogP contribution in [0.5, 0.6) is 0 Å². The van der Waals surface area contributed by atoms with Crippen molar-refractivity contribution in [2.24, 2.45) is 5.92 Å². The quantitative estimate of drug-likeness (QED) is 0.808. The van der Waals surface area contributed by atoms with Crippen molar-refractivity contribution in [1.82, 2.24) is 0 Å². The molecule has 1 unspecified atom stereocenters. The van der Waals surface area contributed by atoms with Gasteiger partial charge in [-0.3, -0.25) is 0 Å². The third kappa shape index (κ3) is 4.64. The van der Waals surface area contributed by atoms with Gasteiger partial charge in [-0.25, -0.2) is 0 Å². The van der Waals surface area contributed by atoms with Crippen molar-refractivity contribution >= 4 is 16.9 Å². The molecule has 1 heterocycles. The van der Waals surface area contributed by atoms with Gasteiger partial charge in [-0.15, -0.1) is 0 Å². The van der Waals surface area contributed by atoms with Crippen molar-refractivity contribution in [2.75, 3.05) is 17.2 Å². The largest absolute Gasteiger partial charge is 0.416 e. The molecule has 0 aliphatic carbocycles. The summed E-state index contributed by atoms with van der Waals surface area (Å²) in [7, 11) is 0. The molecule has 0 amide bonds. The van der Waals surface area contributed by atoms with E-state index in [4.69, 9.17) is 4.74 Å². The normalized spacial score (nSPS) is 17.8. The number of benzene rings is 1. The lowest BCUT2D eigenvalue weighted by molar-refractivity contribution is -0.0702. The molecule has 6 heteroatoms. The maximum absolute atomic E-state index is 13.4. The zero-order valence-corrected chi connectivity index (χ0v) is 13.8. The lowest BCUT2D eigenvalue weighted by Crippen LogP contribution is -2.30. The molecule has 1 aliphatic heterocycles. The molecule has 0 bridgehead atoms. The first-order valence-corrected chi connectivity index (χ1v) is 7.76. The smallest absolute Gasteiger partial charge is 0.385 e. The maximum Gasteiger partial charge on any atom is 0.416 e. The highest BCUT2D eigenvalue weighted by atomic mass is 19.4. The van der Waals surface area contributed by atoms with Crippen LogP contribution in [-0.4, -0.2) is 25.1 Å². The summed E-state index contributed by atoms with van der Waals surface area (Å²) in [5.41, 5.74) is 0.596. The van der Waals surface area contributed by atoms with Crippen LogP contribution in [0.2, 0.25) is 0 Å². The molecule has 1 aromatic rings. The molecule has 2 rings (SSSR count). The number of alkyl halides is 3. The second-order valence-corrected chi connectivity index (χ2v) is 6.36. The van der Waals surface area contributed by atoms with E-state index in [9.17, 15) is 13.2 Å². The van der Waals surface area contributed by atoms with Gasteiger partial charge in [0.2, 0.25) is 0 Å². The average molecular weight is 328 g/mol. The molecular formula is C17H23F3N2O. The zero-order chi connectivity index (χ0) is 17.2. The van der Waals surface area contributed by atoms with Crippen molar-refractivity contribution in [2.45, 2.75) is 46.2 Å². The van der Waals surface area contributed by atoms with E-state index in [1.54, 1.807) is 26.0 Å². The van der Waals surface area contributed by atoms with Crippen LogP contribution in [0.15, 0.2) is 24.3 Å². The molecule has 1 aliphatic rings. The predicted molar refractivity (Wildman–Crippen MR) is 87.4 cm³/mol. The summed E-state index contributed by atoms with van der Waals surface area (Å²) in [5, 5.41) is 6.15. The van der Waals surface area contributed by atoms with Crippen LogP contribution < -0.4 is 10.6 Å². The molecule has 1 aromatic carbocycles. The van der Waals surface area contributed by atoms with Crippen LogP contribution in [0, 0.1) is 5.92 Å². The van der Waals surface area contributed by atoms with Crippen molar-refractivity contribution < 1.29 is 17.9 Å². The van der Waals surface area contributed by atoms with Gasteiger partial charge in [0.1, 0.15) is 6.23 Å². The Morgan fingerprint density at radius 3 is 2.48 bits per heavy atom. The van der Waals surface area contributed by atoms with Gasteiger partial charge in [-0.1, -0.05) is 13.8 Å². The summed E-state index contributed by atoms with van der Waals surface area (Å²) in [4.78, 5) is 0.